The Kier molecular flexibility index (Phi) is 5.10. The van der Waals surface area contributed by atoms with Crippen LogP contribution in [-0.4, -0.2) is 35.5 Å². The van der Waals surface area contributed by atoms with Gasteiger partial charge < -0.3 is 9.64 Å². The first-order valence-electron chi connectivity index (χ1n) is 8.33. The van der Waals surface area contributed by atoms with Crippen LogP contribution in [0.2, 0.25) is 0 Å². The third kappa shape index (κ3) is 3.70. The highest BCUT2D eigenvalue weighted by atomic mass is 32.1. The Hall–Kier alpha value is -2.09. The molecule has 26 heavy (non-hydrogen) atoms. The van der Waals surface area contributed by atoms with Gasteiger partial charge in [0.25, 0.3) is 5.91 Å². The first kappa shape index (κ1) is 17.3. The number of ether oxygens (including phenoxy) is 1. The van der Waals surface area contributed by atoms with Crippen molar-refractivity contribution in [1.29, 1.82) is 0 Å². The van der Waals surface area contributed by atoms with Gasteiger partial charge in [0, 0.05) is 17.8 Å². The number of morpholine rings is 1. The van der Waals surface area contributed by atoms with E-state index in [1.807, 2.05) is 22.4 Å². The van der Waals surface area contributed by atoms with Crippen molar-refractivity contribution in [2.75, 3.05) is 19.7 Å². The Morgan fingerprint density at radius 1 is 1.31 bits per heavy atom. The van der Waals surface area contributed by atoms with E-state index < -0.39 is 0 Å². The van der Waals surface area contributed by atoms with Crippen LogP contribution in [0.15, 0.2) is 48.0 Å². The molecule has 134 valence electrons. The molecule has 1 saturated heterocycles. The topological polar surface area (TPSA) is 42.4 Å². The lowest BCUT2D eigenvalue weighted by atomic mass is 10.1. The van der Waals surface area contributed by atoms with Gasteiger partial charge in [0.15, 0.2) is 0 Å². The number of hydrogen-bond acceptors (Lipinski definition) is 5. The Labute approximate surface area is 158 Å². The number of hydrogen-bond donors (Lipinski definition) is 0. The molecule has 1 amide bonds. The van der Waals surface area contributed by atoms with Crippen molar-refractivity contribution in [3.63, 3.8) is 0 Å². The number of rotatable bonds is 4. The zero-order valence-electron chi connectivity index (χ0n) is 13.9. The summed E-state index contributed by atoms with van der Waals surface area (Å²) < 4.78 is 19.6. The van der Waals surface area contributed by atoms with Gasteiger partial charge in [-0.3, -0.25) is 4.79 Å². The molecule has 1 unspecified atom stereocenters. The molecule has 1 atom stereocenters. The van der Waals surface area contributed by atoms with E-state index in [9.17, 15) is 9.18 Å². The quantitative estimate of drug-likeness (QED) is 0.674. The molecule has 3 aromatic rings. The van der Waals surface area contributed by atoms with Crippen molar-refractivity contribution >= 4 is 28.6 Å². The monoisotopic (exact) mass is 388 g/mol. The van der Waals surface area contributed by atoms with Gasteiger partial charge in [0.2, 0.25) is 0 Å². The summed E-state index contributed by atoms with van der Waals surface area (Å²) in [6.45, 7) is 1.64. The van der Waals surface area contributed by atoms with Crippen LogP contribution in [0.1, 0.15) is 31.2 Å². The summed E-state index contributed by atoms with van der Waals surface area (Å²) in [5.74, 6) is -0.283. The molecule has 0 aliphatic carbocycles. The maximum Gasteiger partial charge on any atom is 0.265 e. The fourth-order valence-corrected chi connectivity index (χ4v) is 4.61. The molecule has 1 aliphatic heterocycles. The van der Waals surface area contributed by atoms with Gasteiger partial charge in [-0.05, 0) is 23.1 Å². The minimum absolute atomic E-state index is 0.0351. The highest BCUT2D eigenvalue weighted by Crippen LogP contribution is 2.28. The number of amides is 1. The van der Waals surface area contributed by atoms with Crippen LogP contribution in [0.5, 0.6) is 0 Å². The Balaban J connectivity index is 1.45. The van der Waals surface area contributed by atoms with E-state index in [0.717, 1.165) is 9.88 Å². The second kappa shape index (κ2) is 7.65. The average Bonchev–Trinajstić information content (AvgIpc) is 3.35. The number of nitrogens with zero attached hydrogens (tertiary/aromatic N) is 2. The summed E-state index contributed by atoms with van der Waals surface area (Å²) in [5.41, 5.74) is 0.588. The van der Waals surface area contributed by atoms with Gasteiger partial charge >= 0.3 is 0 Å². The summed E-state index contributed by atoms with van der Waals surface area (Å²) in [7, 11) is 0. The van der Waals surface area contributed by atoms with Crippen molar-refractivity contribution in [3.05, 3.63) is 74.1 Å². The molecule has 0 spiro atoms. The number of thiophene rings is 1. The van der Waals surface area contributed by atoms with E-state index in [4.69, 9.17) is 4.74 Å². The van der Waals surface area contributed by atoms with Crippen molar-refractivity contribution in [2.45, 2.75) is 12.5 Å². The highest BCUT2D eigenvalue weighted by molar-refractivity contribution is 7.13. The first-order valence-corrected chi connectivity index (χ1v) is 10.0. The summed E-state index contributed by atoms with van der Waals surface area (Å²) in [5, 5.41) is 2.75. The zero-order chi connectivity index (χ0) is 17.9. The summed E-state index contributed by atoms with van der Waals surface area (Å²) in [6, 6.07) is 10.7. The van der Waals surface area contributed by atoms with Gasteiger partial charge in [-0.15, -0.1) is 22.7 Å². The average molecular weight is 388 g/mol. The molecule has 0 radical (unpaired) electrons. The number of benzene rings is 1. The lowest BCUT2D eigenvalue weighted by Gasteiger charge is -2.32. The van der Waals surface area contributed by atoms with E-state index in [1.54, 1.807) is 35.7 Å². The maximum atomic E-state index is 13.8. The van der Waals surface area contributed by atoms with Crippen LogP contribution in [-0.2, 0) is 11.2 Å². The van der Waals surface area contributed by atoms with Gasteiger partial charge in [0.1, 0.15) is 16.8 Å². The van der Waals surface area contributed by atoms with Crippen molar-refractivity contribution in [2.24, 2.45) is 0 Å². The summed E-state index contributed by atoms with van der Waals surface area (Å²) >= 11 is 2.97. The van der Waals surface area contributed by atoms with Gasteiger partial charge in [-0.2, -0.15) is 0 Å². The second-order valence-electron chi connectivity index (χ2n) is 6.01. The molecule has 7 heteroatoms. The normalized spacial score (nSPS) is 17.4. The molecule has 4 nitrogen and oxygen atoms in total. The number of carbonyl (C=O) groups excluding carboxylic acids is 1. The minimum atomic E-state index is -0.248. The van der Waals surface area contributed by atoms with Crippen molar-refractivity contribution in [3.8, 4) is 0 Å². The van der Waals surface area contributed by atoms with Crippen LogP contribution < -0.4 is 0 Å². The highest BCUT2D eigenvalue weighted by Gasteiger charge is 2.27. The fourth-order valence-electron chi connectivity index (χ4n) is 2.93. The van der Waals surface area contributed by atoms with E-state index in [0.29, 0.717) is 36.6 Å². The molecule has 0 saturated carbocycles. The Bertz CT molecular complexity index is 895. The van der Waals surface area contributed by atoms with Crippen LogP contribution in [0.3, 0.4) is 0 Å². The molecule has 1 fully saturated rings. The van der Waals surface area contributed by atoms with Gasteiger partial charge in [-0.25, -0.2) is 9.37 Å². The second-order valence-corrected chi connectivity index (χ2v) is 8.11. The maximum absolute atomic E-state index is 13.8. The predicted molar refractivity (Wildman–Crippen MR) is 100 cm³/mol. The largest absolute Gasteiger partial charge is 0.369 e. The molecule has 0 bridgehead atoms. The number of aromatic nitrogens is 1. The van der Waals surface area contributed by atoms with Crippen LogP contribution >= 0.6 is 22.7 Å². The fraction of sp³-hybridized carbons (Fsp3) is 0.263. The van der Waals surface area contributed by atoms with E-state index in [1.165, 1.54) is 17.4 Å². The van der Waals surface area contributed by atoms with E-state index >= 15 is 0 Å². The van der Waals surface area contributed by atoms with E-state index in [2.05, 4.69) is 4.98 Å². The SMILES string of the molecule is O=C(c1cnc(Cc2ccccc2F)s1)N1CCOC(c2cccs2)C1. The molecule has 0 N–H and O–H groups in total. The molecule has 1 aromatic carbocycles. The van der Waals surface area contributed by atoms with Gasteiger partial charge in [0.05, 0.1) is 24.4 Å². The first-order chi connectivity index (χ1) is 12.7. The Morgan fingerprint density at radius 3 is 3.00 bits per heavy atom. The summed E-state index contributed by atoms with van der Waals surface area (Å²) in [6.07, 6.45) is 1.92. The number of carbonyl (C=O) groups is 1. The van der Waals surface area contributed by atoms with Crippen molar-refractivity contribution in [1.82, 2.24) is 9.88 Å². The molecular formula is C19H17FN2O2S2. The number of thiazole rings is 1. The summed E-state index contributed by atoms with van der Waals surface area (Å²) in [4.78, 5) is 20.7. The van der Waals surface area contributed by atoms with Crippen molar-refractivity contribution < 1.29 is 13.9 Å². The molecule has 2 aromatic heterocycles. The predicted octanol–water partition coefficient (Wildman–Crippen LogP) is 4.15. The third-order valence-electron chi connectivity index (χ3n) is 4.28. The lowest BCUT2D eigenvalue weighted by molar-refractivity contribution is -0.0210. The molecule has 4 rings (SSSR count). The zero-order valence-corrected chi connectivity index (χ0v) is 15.6. The standard InChI is InChI=1S/C19H17FN2O2S2/c20-14-5-2-1-4-13(14)10-18-21-11-17(26-18)19(23)22-7-8-24-15(12-22)16-6-3-9-25-16/h1-6,9,11,15H,7-8,10,12H2. The van der Waals surface area contributed by atoms with Gasteiger partial charge in [-0.1, -0.05) is 24.3 Å². The number of halogens is 1. The van der Waals surface area contributed by atoms with E-state index in [-0.39, 0.29) is 17.8 Å². The minimum Gasteiger partial charge on any atom is -0.369 e. The molecule has 1 aliphatic rings. The smallest absolute Gasteiger partial charge is 0.265 e. The van der Waals surface area contributed by atoms with Crippen LogP contribution in [0, 0.1) is 5.82 Å². The molecule has 3 heterocycles. The third-order valence-corrected chi connectivity index (χ3v) is 6.23. The Morgan fingerprint density at radius 2 is 2.19 bits per heavy atom. The van der Waals surface area contributed by atoms with Crippen LogP contribution in [0.25, 0.3) is 0 Å². The lowest BCUT2D eigenvalue weighted by Crippen LogP contribution is -2.41. The molecular weight excluding hydrogens is 371 g/mol. The van der Waals surface area contributed by atoms with Crippen LogP contribution in [0.4, 0.5) is 4.39 Å².